The van der Waals surface area contributed by atoms with Crippen LogP contribution in [0.2, 0.25) is 0 Å². The zero-order valence-electron chi connectivity index (χ0n) is 11.2. The number of hydrogen-bond acceptors (Lipinski definition) is 5. The molecule has 0 aliphatic rings. The Kier molecular flexibility index (Phi) is 7.95. The van der Waals surface area contributed by atoms with Gasteiger partial charge in [0.25, 0.3) is 5.78 Å². The van der Waals surface area contributed by atoms with Gasteiger partial charge in [-0.15, -0.1) is 6.58 Å². The van der Waals surface area contributed by atoms with Crippen molar-refractivity contribution in [2.75, 3.05) is 33.0 Å². The second-order valence-electron chi connectivity index (χ2n) is 3.81. The maximum Gasteiger partial charge on any atom is 0.379 e. The van der Waals surface area contributed by atoms with Crippen molar-refractivity contribution in [3.8, 4) is 0 Å². The molecule has 0 amide bonds. The molecule has 0 aliphatic heterocycles. The molecule has 0 saturated carbocycles. The summed E-state index contributed by atoms with van der Waals surface area (Å²) in [4.78, 5) is 23.1. The molecule has 0 spiro atoms. The van der Waals surface area contributed by atoms with Gasteiger partial charge in [-0.3, -0.25) is 4.79 Å². The number of ketones is 1. The molecule has 108 valence electrons. The van der Waals surface area contributed by atoms with Gasteiger partial charge in [-0.2, -0.15) is 0 Å². The number of hydrogen-bond donors (Lipinski definition) is 0. The lowest BCUT2D eigenvalue weighted by molar-refractivity contribution is -0.139. The van der Waals surface area contributed by atoms with E-state index >= 15 is 0 Å². The minimum absolute atomic E-state index is 0.0405. The Balaban J connectivity index is 2.11. The maximum absolute atomic E-state index is 11.6. The highest BCUT2D eigenvalue weighted by atomic mass is 16.6. The Morgan fingerprint density at radius 3 is 2.35 bits per heavy atom. The molecule has 0 bridgehead atoms. The normalized spacial score (nSPS) is 10.0. The van der Waals surface area contributed by atoms with E-state index in [2.05, 4.69) is 6.58 Å². The summed E-state index contributed by atoms with van der Waals surface area (Å²) in [5.74, 6) is -1.53. The highest BCUT2D eigenvalue weighted by Gasteiger charge is 2.16. The lowest BCUT2D eigenvalue weighted by Crippen LogP contribution is -2.20. The molecular formula is C15H18O5. The van der Waals surface area contributed by atoms with Gasteiger partial charge < -0.3 is 14.2 Å². The van der Waals surface area contributed by atoms with Crippen molar-refractivity contribution in [1.29, 1.82) is 0 Å². The third-order valence-electron chi connectivity index (χ3n) is 2.29. The third-order valence-corrected chi connectivity index (χ3v) is 2.29. The van der Waals surface area contributed by atoms with E-state index in [-0.39, 0.29) is 13.2 Å². The van der Waals surface area contributed by atoms with Crippen LogP contribution in [0.5, 0.6) is 0 Å². The summed E-state index contributed by atoms with van der Waals surface area (Å²) in [6, 6.07) is 8.28. The van der Waals surface area contributed by atoms with Crippen molar-refractivity contribution in [2.24, 2.45) is 0 Å². The summed E-state index contributed by atoms with van der Waals surface area (Å²) in [5, 5.41) is 0. The number of esters is 1. The molecule has 5 nitrogen and oxygen atoms in total. The standard InChI is InChI=1S/C15H18O5/c1-2-8-18-9-10-19-11-12-20-15(17)14(16)13-6-4-3-5-7-13/h2-7H,1,8-12H2. The fourth-order valence-corrected chi connectivity index (χ4v) is 1.35. The number of ether oxygens (including phenoxy) is 3. The van der Waals surface area contributed by atoms with Gasteiger partial charge in [0.15, 0.2) is 0 Å². The van der Waals surface area contributed by atoms with Crippen molar-refractivity contribution in [2.45, 2.75) is 0 Å². The predicted octanol–water partition coefficient (Wildman–Crippen LogP) is 1.63. The summed E-state index contributed by atoms with van der Waals surface area (Å²) in [5.41, 5.74) is 0.316. The number of rotatable bonds is 10. The van der Waals surface area contributed by atoms with Gasteiger partial charge in [-0.1, -0.05) is 36.4 Å². The fraction of sp³-hybridized carbons (Fsp3) is 0.333. The molecule has 0 unspecified atom stereocenters. The van der Waals surface area contributed by atoms with E-state index in [1.165, 1.54) is 0 Å². The number of carbonyl (C=O) groups is 2. The summed E-state index contributed by atoms with van der Waals surface area (Å²) < 4.78 is 15.1. The van der Waals surface area contributed by atoms with Crippen molar-refractivity contribution in [3.05, 3.63) is 48.6 Å². The van der Waals surface area contributed by atoms with Crippen LogP contribution < -0.4 is 0 Å². The maximum atomic E-state index is 11.6. The lowest BCUT2D eigenvalue weighted by atomic mass is 10.1. The molecule has 0 heterocycles. The van der Waals surface area contributed by atoms with Crippen LogP contribution in [0.3, 0.4) is 0 Å². The van der Waals surface area contributed by atoms with Gasteiger partial charge in [0.05, 0.1) is 26.4 Å². The highest BCUT2D eigenvalue weighted by molar-refractivity contribution is 6.40. The Bertz CT molecular complexity index is 427. The van der Waals surface area contributed by atoms with Crippen LogP contribution in [-0.2, 0) is 19.0 Å². The fourth-order valence-electron chi connectivity index (χ4n) is 1.35. The van der Waals surface area contributed by atoms with Crippen LogP contribution in [0.4, 0.5) is 0 Å². The Hall–Kier alpha value is -1.98. The molecule has 0 radical (unpaired) electrons. The highest BCUT2D eigenvalue weighted by Crippen LogP contribution is 2.01. The molecule has 20 heavy (non-hydrogen) atoms. The average Bonchev–Trinajstić information content (AvgIpc) is 2.50. The van der Waals surface area contributed by atoms with E-state index in [0.29, 0.717) is 25.4 Å². The van der Waals surface area contributed by atoms with Gasteiger partial charge in [-0.25, -0.2) is 4.79 Å². The summed E-state index contributed by atoms with van der Waals surface area (Å²) in [7, 11) is 0. The van der Waals surface area contributed by atoms with Crippen LogP contribution in [0, 0.1) is 0 Å². The molecule has 0 fully saturated rings. The van der Waals surface area contributed by atoms with Crippen LogP contribution in [-0.4, -0.2) is 44.8 Å². The molecule has 5 heteroatoms. The van der Waals surface area contributed by atoms with Crippen LogP contribution >= 0.6 is 0 Å². The van der Waals surface area contributed by atoms with E-state index in [9.17, 15) is 9.59 Å². The first-order chi connectivity index (χ1) is 9.75. The zero-order chi connectivity index (χ0) is 14.6. The Morgan fingerprint density at radius 1 is 1.00 bits per heavy atom. The Labute approximate surface area is 118 Å². The summed E-state index contributed by atoms with van der Waals surface area (Å²) >= 11 is 0. The lowest BCUT2D eigenvalue weighted by Gasteiger charge is -2.05. The zero-order valence-corrected chi connectivity index (χ0v) is 11.2. The van der Waals surface area contributed by atoms with E-state index in [1.807, 2.05) is 0 Å². The first kappa shape index (κ1) is 16.1. The van der Waals surface area contributed by atoms with E-state index in [4.69, 9.17) is 14.2 Å². The van der Waals surface area contributed by atoms with Crippen LogP contribution in [0.25, 0.3) is 0 Å². The quantitative estimate of drug-likeness (QED) is 0.214. The van der Waals surface area contributed by atoms with Crippen molar-refractivity contribution in [3.63, 3.8) is 0 Å². The minimum atomic E-state index is -0.872. The van der Waals surface area contributed by atoms with Crippen LogP contribution in [0.1, 0.15) is 10.4 Å². The van der Waals surface area contributed by atoms with E-state index in [0.717, 1.165) is 0 Å². The summed E-state index contributed by atoms with van der Waals surface area (Å²) in [6.45, 7) is 5.11. The van der Waals surface area contributed by atoms with Crippen LogP contribution in [0.15, 0.2) is 43.0 Å². The van der Waals surface area contributed by atoms with E-state index in [1.54, 1.807) is 36.4 Å². The first-order valence-corrected chi connectivity index (χ1v) is 6.28. The molecule has 1 aromatic rings. The van der Waals surface area contributed by atoms with Gasteiger partial charge in [0.2, 0.25) is 0 Å². The molecule has 1 rings (SSSR count). The number of carbonyl (C=O) groups excluding carboxylic acids is 2. The first-order valence-electron chi connectivity index (χ1n) is 6.28. The average molecular weight is 278 g/mol. The molecule has 0 atom stereocenters. The largest absolute Gasteiger partial charge is 0.457 e. The predicted molar refractivity (Wildman–Crippen MR) is 73.6 cm³/mol. The Morgan fingerprint density at radius 2 is 1.65 bits per heavy atom. The van der Waals surface area contributed by atoms with Gasteiger partial charge in [0, 0.05) is 5.56 Å². The van der Waals surface area contributed by atoms with Crippen molar-refractivity contribution in [1.82, 2.24) is 0 Å². The van der Waals surface area contributed by atoms with Gasteiger partial charge in [-0.05, 0) is 0 Å². The van der Waals surface area contributed by atoms with Gasteiger partial charge >= 0.3 is 5.97 Å². The molecule has 1 aromatic carbocycles. The third kappa shape index (κ3) is 6.26. The SMILES string of the molecule is C=CCOCCOCCOC(=O)C(=O)c1ccccc1. The molecule has 0 N–H and O–H groups in total. The van der Waals surface area contributed by atoms with Crippen molar-refractivity contribution >= 4 is 11.8 Å². The number of benzene rings is 1. The molecular weight excluding hydrogens is 260 g/mol. The second kappa shape index (κ2) is 9.89. The van der Waals surface area contributed by atoms with Crippen molar-refractivity contribution < 1.29 is 23.8 Å². The number of Topliss-reactive ketones (excluding diaryl/α,β-unsaturated/α-hetero) is 1. The molecule has 0 aliphatic carbocycles. The van der Waals surface area contributed by atoms with E-state index < -0.39 is 11.8 Å². The van der Waals surface area contributed by atoms with Gasteiger partial charge in [0.1, 0.15) is 6.61 Å². The topological polar surface area (TPSA) is 61.8 Å². The molecule has 0 aromatic heterocycles. The monoisotopic (exact) mass is 278 g/mol. The molecule has 0 saturated heterocycles. The second-order valence-corrected chi connectivity index (χ2v) is 3.81. The smallest absolute Gasteiger partial charge is 0.379 e. The summed E-state index contributed by atoms with van der Waals surface area (Å²) in [6.07, 6.45) is 1.65. The minimum Gasteiger partial charge on any atom is -0.457 e.